The molecule has 1 saturated heterocycles. The van der Waals surface area contributed by atoms with Gasteiger partial charge in [0, 0.05) is 51.4 Å². The van der Waals surface area contributed by atoms with Gasteiger partial charge in [-0.2, -0.15) is 0 Å². The number of anilines is 1. The molecule has 0 aliphatic carbocycles. The number of ether oxygens (including phenoxy) is 1. The molecular formula is C23H24Cl2N4O3. The molecule has 1 fully saturated rings. The van der Waals surface area contributed by atoms with Gasteiger partial charge < -0.3 is 24.3 Å². The van der Waals surface area contributed by atoms with Gasteiger partial charge in [0.2, 0.25) is 0 Å². The van der Waals surface area contributed by atoms with Crippen LogP contribution in [0, 0.1) is 6.92 Å². The van der Waals surface area contributed by atoms with E-state index in [0.717, 1.165) is 35.7 Å². The molecule has 7 nitrogen and oxygen atoms in total. The molecule has 1 aliphatic heterocycles. The average Bonchev–Trinajstić information content (AvgIpc) is 3.25. The number of benzene rings is 2. The maximum Gasteiger partial charge on any atom is 0.317 e. The molecule has 32 heavy (non-hydrogen) atoms. The van der Waals surface area contributed by atoms with Crippen molar-refractivity contribution in [1.29, 1.82) is 0 Å². The van der Waals surface area contributed by atoms with Gasteiger partial charge in [-0.1, -0.05) is 29.3 Å². The first-order valence-corrected chi connectivity index (χ1v) is 11.0. The highest BCUT2D eigenvalue weighted by Crippen LogP contribution is 2.34. The van der Waals surface area contributed by atoms with Gasteiger partial charge in [-0.05, 0) is 29.8 Å². The average molecular weight is 475 g/mol. The van der Waals surface area contributed by atoms with Gasteiger partial charge in [0.05, 0.1) is 28.9 Å². The van der Waals surface area contributed by atoms with Crippen LogP contribution in [0.4, 0.5) is 10.5 Å². The van der Waals surface area contributed by atoms with Gasteiger partial charge in [0.1, 0.15) is 5.75 Å². The molecule has 1 aromatic heterocycles. The minimum Gasteiger partial charge on any atom is -0.496 e. The molecule has 0 saturated carbocycles. The number of hydrogen-bond acceptors (Lipinski definition) is 5. The van der Waals surface area contributed by atoms with E-state index in [4.69, 9.17) is 32.4 Å². The van der Waals surface area contributed by atoms with E-state index < -0.39 is 0 Å². The van der Waals surface area contributed by atoms with E-state index in [1.54, 1.807) is 25.4 Å². The van der Waals surface area contributed by atoms with Crippen LogP contribution < -0.4 is 15.0 Å². The number of aryl methyl sites for hydroxylation is 1. The molecule has 4 rings (SSSR count). The van der Waals surface area contributed by atoms with Crippen LogP contribution in [-0.4, -0.2) is 49.2 Å². The first kappa shape index (κ1) is 22.3. The third-order valence-electron chi connectivity index (χ3n) is 5.43. The number of hydrogen-bond donors (Lipinski definition) is 1. The second-order valence-electron chi connectivity index (χ2n) is 7.51. The Morgan fingerprint density at radius 1 is 1.12 bits per heavy atom. The molecule has 0 spiro atoms. The lowest BCUT2D eigenvalue weighted by Crippen LogP contribution is -2.51. The van der Waals surface area contributed by atoms with E-state index in [1.165, 1.54) is 0 Å². The third kappa shape index (κ3) is 4.95. The van der Waals surface area contributed by atoms with Crippen molar-refractivity contribution in [2.24, 2.45) is 0 Å². The van der Waals surface area contributed by atoms with Gasteiger partial charge in [-0.3, -0.25) is 0 Å². The molecule has 2 amide bonds. The van der Waals surface area contributed by atoms with Gasteiger partial charge in [-0.25, -0.2) is 9.78 Å². The lowest BCUT2D eigenvalue weighted by atomic mass is 10.1. The summed E-state index contributed by atoms with van der Waals surface area (Å²) >= 11 is 12.0. The standard InChI is InChI=1S/C23H24Cl2N4O3/c1-15-26-14-22(32-15)18-5-4-17(12-21(18)31-2)28-7-9-29(10-8-28)23(30)27-13-16-3-6-19(24)20(25)11-16/h3-6,11-12,14H,7-10,13H2,1-2H3,(H,27,30). The van der Waals surface area contributed by atoms with E-state index in [-0.39, 0.29) is 6.03 Å². The minimum atomic E-state index is -0.0932. The van der Waals surface area contributed by atoms with Gasteiger partial charge >= 0.3 is 6.03 Å². The number of carbonyl (C=O) groups is 1. The number of nitrogens with one attached hydrogen (secondary N) is 1. The largest absolute Gasteiger partial charge is 0.496 e. The van der Waals surface area contributed by atoms with E-state index in [0.29, 0.717) is 41.3 Å². The van der Waals surface area contributed by atoms with Crippen LogP contribution in [0.1, 0.15) is 11.5 Å². The first-order valence-electron chi connectivity index (χ1n) is 10.3. The molecule has 3 aromatic rings. The second-order valence-corrected chi connectivity index (χ2v) is 8.32. The lowest BCUT2D eigenvalue weighted by Gasteiger charge is -2.36. The molecule has 0 atom stereocenters. The van der Waals surface area contributed by atoms with E-state index >= 15 is 0 Å². The number of amides is 2. The molecule has 2 aromatic carbocycles. The molecule has 9 heteroatoms. The third-order valence-corrected chi connectivity index (χ3v) is 6.17. The highest BCUT2D eigenvalue weighted by molar-refractivity contribution is 6.42. The SMILES string of the molecule is COc1cc(N2CCN(C(=O)NCc3ccc(Cl)c(Cl)c3)CC2)ccc1-c1cnc(C)o1. The van der Waals surface area contributed by atoms with Crippen molar-refractivity contribution in [2.75, 3.05) is 38.2 Å². The van der Waals surface area contributed by atoms with Crippen molar-refractivity contribution < 1.29 is 13.9 Å². The number of aromatic nitrogens is 1. The number of halogens is 2. The smallest absolute Gasteiger partial charge is 0.317 e. The molecule has 2 heterocycles. The number of urea groups is 1. The molecule has 1 aliphatic rings. The summed E-state index contributed by atoms with van der Waals surface area (Å²) in [7, 11) is 1.64. The minimum absolute atomic E-state index is 0.0932. The Morgan fingerprint density at radius 2 is 1.91 bits per heavy atom. The molecule has 0 bridgehead atoms. The summed E-state index contributed by atoms with van der Waals surface area (Å²) in [5, 5.41) is 3.92. The van der Waals surface area contributed by atoms with Crippen molar-refractivity contribution in [1.82, 2.24) is 15.2 Å². The zero-order valence-electron chi connectivity index (χ0n) is 17.9. The highest BCUT2D eigenvalue weighted by Gasteiger charge is 2.22. The van der Waals surface area contributed by atoms with Crippen LogP contribution in [0.25, 0.3) is 11.3 Å². The van der Waals surface area contributed by atoms with Crippen LogP contribution in [0.3, 0.4) is 0 Å². The first-order chi connectivity index (χ1) is 15.4. The molecular weight excluding hydrogens is 451 g/mol. The van der Waals surface area contributed by atoms with Crippen LogP contribution in [0.15, 0.2) is 47.0 Å². The molecule has 0 radical (unpaired) electrons. The van der Waals surface area contributed by atoms with Crippen molar-refractivity contribution in [3.63, 3.8) is 0 Å². The summed E-state index contributed by atoms with van der Waals surface area (Å²) in [4.78, 5) is 20.8. The summed E-state index contributed by atoms with van der Waals surface area (Å²) < 4.78 is 11.2. The Bertz CT molecular complexity index is 1110. The predicted octanol–water partition coefficient (Wildman–Crippen LogP) is 5.00. The number of methoxy groups -OCH3 is 1. The Morgan fingerprint density at radius 3 is 2.56 bits per heavy atom. The fourth-order valence-electron chi connectivity index (χ4n) is 3.67. The summed E-state index contributed by atoms with van der Waals surface area (Å²) in [6.45, 7) is 4.91. The zero-order chi connectivity index (χ0) is 22.7. The van der Waals surface area contributed by atoms with E-state index in [1.807, 2.05) is 36.1 Å². The van der Waals surface area contributed by atoms with Crippen molar-refractivity contribution in [3.8, 4) is 17.1 Å². The van der Waals surface area contributed by atoms with Crippen LogP contribution in [0.5, 0.6) is 5.75 Å². The van der Waals surface area contributed by atoms with Gasteiger partial charge in [-0.15, -0.1) is 0 Å². The number of carbonyl (C=O) groups excluding carboxylic acids is 1. The Kier molecular flexibility index (Phi) is 6.77. The predicted molar refractivity (Wildman–Crippen MR) is 126 cm³/mol. The Hall–Kier alpha value is -2.90. The van der Waals surface area contributed by atoms with Crippen LogP contribution in [-0.2, 0) is 6.54 Å². The number of oxazole rings is 1. The number of rotatable bonds is 5. The molecule has 168 valence electrons. The normalized spacial score (nSPS) is 13.9. The second kappa shape index (κ2) is 9.71. The summed E-state index contributed by atoms with van der Waals surface area (Å²) in [6, 6.07) is 11.3. The molecule has 0 unspecified atom stereocenters. The van der Waals surface area contributed by atoms with Crippen molar-refractivity contribution >= 4 is 34.9 Å². The monoisotopic (exact) mass is 474 g/mol. The van der Waals surface area contributed by atoms with E-state index in [2.05, 4.69) is 15.2 Å². The maximum atomic E-state index is 12.6. The Labute approximate surface area is 196 Å². The summed E-state index contributed by atoms with van der Waals surface area (Å²) in [5.74, 6) is 2.01. The topological polar surface area (TPSA) is 70.8 Å². The number of piperazine rings is 1. The van der Waals surface area contributed by atoms with Gasteiger partial charge in [0.25, 0.3) is 0 Å². The highest BCUT2D eigenvalue weighted by atomic mass is 35.5. The summed E-state index contributed by atoms with van der Waals surface area (Å²) in [5.41, 5.74) is 2.80. The lowest BCUT2D eigenvalue weighted by molar-refractivity contribution is 0.194. The van der Waals surface area contributed by atoms with Crippen LogP contribution >= 0.6 is 23.2 Å². The van der Waals surface area contributed by atoms with Crippen molar-refractivity contribution in [2.45, 2.75) is 13.5 Å². The van der Waals surface area contributed by atoms with E-state index in [9.17, 15) is 4.79 Å². The van der Waals surface area contributed by atoms with Crippen molar-refractivity contribution in [3.05, 3.63) is 64.1 Å². The quantitative estimate of drug-likeness (QED) is 0.563. The Balaban J connectivity index is 1.34. The zero-order valence-corrected chi connectivity index (χ0v) is 19.4. The van der Waals surface area contributed by atoms with Gasteiger partial charge in [0.15, 0.2) is 11.7 Å². The number of nitrogens with zero attached hydrogens (tertiary/aromatic N) is 3. The molecule has 1 N–H and O–H groups in total. The maximum absolute atomic E-state index is 12.6. The fraction of sp³-hybridized carbons (Fsp3) is 0.304. The van der Waals surface area contributed by atoms with Crippen LogP contribution in [0.2, 0.25) is 10.0 Å². The summed E-state index contributed by atoms with van der Waals surface area (Å²) in [6.07, 6.45) is 1.70. The fourth-order valence-corrected chi connectivity index (χ4v) is 3.99.